The maximum absolute atomic E-state index is 14.3. The zero-order valence-corrected chi connectivity index (χ0v) is 35.5. The van der Waals surface area contributed by atoms with Gasteiger partial charge in [-0.25, -0.2) is 4.79 Å². The summed E-state index contributed by atoms with van der Waals surface area (Å²) in [5.74, 6) is -3.27. The average molecular weight is 812 g/mol. The fraction of sp³-hybridized carbons (Fsp3) is 0.833. The molecule has 2 aliphatic heterocycles. The predicted octanol–water partition coefficient (Wildman–Crippen LogP) is 2.96. The quantitative estimate of drug-likeness (QED) is 0.173. The lowest BCUT2D eigenvalue weighted by molar-refractivity contribution is -0.159. The summed E-state index contributed by atoms with van der Waals surface area (Å²) in [5, 5.41) is 3.08. The fourth-order valence-electron chi connectivity index (χ4n) is 7.45. The van der Waals surface area contributed by atoms with Crippen molar-refractivity contribution >= 4 is 70.3 Å². The van der Waals surface area contributed by atoms with Gasteiger partial charge in [-0.2, -0.15) is 0 Å². The van der Waals surface area contributed by atoms with E-state index in [1.165, 1.54) is 45.7 Å². The van der Waals surface area contributed by atoms with Crippen LogP contribution in [-0.4, -0.2) is 162 Å². The third-order valence-corrected chi connectivity index (χ3v) is 10.8. The van der Waals surface area contributed by atoms with Crippen molar-refractivity contribution in [2.45, 2.75) is 114 Å². The number of ether oxygens (including phenoxy) is 2. The van der Waals surface area contributed by atoms with E-state index in [-0.39, 0.29) is 43.4 Å². The van der Waals surface area contributed by atoms with Gasteiger partial charge in [0.05, 0.1) is 12.6 Å². The number of esters is 1. The van der Waals surface area contributed by atoms with Crippen LogP contribution in [0.25, 0.3) is 0 Å². The standard InChI is InChI=1S/C36H61Cl3N6O8/c1-12-23(6)27(40-7)32(48)43(10)28(21(2)3)33(49)41(8)26(19-52-11)31(47)44-17-13-15-24(44)30(46)42(9)29(22(4)5)34(50)45-18-14-16-25(45)35(51)53-20-36(37,38)39/h21-29,40H,12-20H2,1-11H3/t23-,24-,25-,26-,27-,28-,29-/m0/s1. The third kappa shape index (κ3) is 11.6. The number of carbonyl (C=O) groups is 6. The molecule has 0 aliphatic carbocycles. The zero-order valence-electron chi connectivity index (χ0n) is 33.2. The van der Waals surface area contributed by atoms with Crippen molar-refractivity contribution in [1.29, 1.82) is 0 Å². The van der Waals surface area contributed by atoms with E-state index in [1.807, 2.05) is 27.7 Å². The molecule has 0 radical (unpaired) electrons. The van der Waals surface area contributed by atoms with Crippen LogP contribution in [0.3, 0.4) is 0 Å². The molecule has 5 amide bonds. The first-order valence-corrected chi connectivity index (χ1v) is 19.6. The Hall–Kier alpha value is -2.39. The monoisotopic (exact) mass is 810 g/mol. The maximum atomic E-state index is 14.3. The summed E-state index contributed by atoms with van der Waals surface area (Å²) < 4.78 is 8.82. The molecule has 0 saturated carbocycles. The molecule has 304 valence electrons. The van der Waals surface area contributed by atoms with Gasteiger partial charge in [0.25, 0.3) is 0 Å². The number of halogens is 3. The molecular weight excluding hydrogens is 751 g/mol. The Labute approximate surface area is 330 Å². The van der Waals surface area contributed by atoms with E-state index in [0.29, 0.717) is 25.7 Å². The number of alkyl halides is 3. The lowest BCUT2D eigenvalue weighted by atomic mass is 9.95. The number of carbonyl (C=O) groups excluding carboxylic acids is 6. The summed E-state index contributed by atoms with van der Waals surface area (Å²) in [6.07, 6.45) is 2.56. The molecule has 14 nitrogen and oxygen atoms in total. The Morgan fingerprint density at radius 3 is 1.79 bits per heavy atom. The predicted molar refractivity (Wildman–Crippen MR) is 204 cm³/mol. The second kappa shape index (κ2) is 20.5. The summed E-state index contributed by atoms with van der Waals surface area (Å²) in [6, 6.07) is -5.18. The SMILES string of the molecule is CC[C@H](C)[C@H](NC)C(=O)N(C)[C@H](C(=O)N(C)[C@@H](COC)C(=O)N1CCC[C@H]1C(=O)N(C)[C@H](C(=O)N1CCC[C@H]1C(=O)OCC(Cl)(Cl)Cl)C(C)C)C(C)C. The first kappa shape index (κ1) is 46.8. The van der Waals surface area contributed by atoms with Crippen LogP contribution in [0.4, 0.5) is 0 Å². The highest BCUT2D eigenvalue weighted by Gasteiger charge is 2.47. The van der Waals surface area contributed by atoms with Crippen molar-refractivity contribution < 1.29 is 38.2 Å². The highest BCUT2D eigenvalue weighted by Crippen LogP contribution is 2.29. The molecule has 7 atom stereocenters. The molecule has 17 heteroatoms. The van der Waals surface area contributed by atoms with Gasteiger partial charge in [-0.15, -0.1) is 0 Å². The minimum atomic E-state index is -1.81. The number of likely N-dealkylation sites (tertiary alicyclic amines) is 2. The van der Waals surface area contributed by atoms with Gasteiger partial charge in [0.1, 0.15) is 36.8 Å². The normalized spacial score (nSPS) is 20.5. The Bertz CT molecular complexity index is 1300. The van der Waals surface area contributed by atoms with Gasteiger partial charge in [-0.1, -0.05) is 82.8 Å². The molecular formula is C36H61Cl3N6O8. The average Bonchev–Trinajstić information content (AvgIpc) is 3.79. The Kier molecular flexibility index (Phi) is 18.1. The minimum absolute atomic E-state index is 0.0272. The van der Waals surface area contributed by atoms with Crippen molar-refractivity contribution in [1.82, 2.24) is 29.8 Å². The number of hydrogen-bond acceptors (Lipinski definition) is 9. The van der Waals surface area contributed by atoms with Crippen molar-refractivity contribution in [3.8, 4) is 0 Å². The molecule has 2 fully saturated rings. The van der Waals surface area contributed by atoms with Crippen LogP contribution in [0.15, 0.2) is 0 Å². The fourth-order valence-corrected chi connectivity index (χ4v) is 7.62. The largest absolute Gasteiger partial charge is 0.460 e. The highest BCUT2D eigenvalue weighted by molar-refractivity contribution is 6.67. The number of nitrogens with zero attached hydrogens (tertiary/aromatic N) is 5. The van der Waals surface area contributed by atoms with E-state index in [9.17, 15) is 28.8 Å². The molecule has 0 unspecified atom stereocenters. The maximum Gasteiger partial charge on any atom is 0.329 e. The van der Waals surface area contributed by atoms with E-state index in [0.717, 1.165) is 6.42 Å². The summed E-state index contributed by atoms with van der Waals surface area (Å²) in [7, 11) is 7.79. The third-order valence-electron chi connectivity index (χ3n) is 10.5. The lowest BCUT2D eigenvalue weighted by Gasteiger charge is -2.40. The first-order valence-electron chi connectivity index (χ1n) is 18.5. The Morgan fingerprint density at radius 1 is 0.792 bits per heavy atom. The van der Waals surface area contributed by atoms with Gasteiger partial charge in [0, 0.05) is 41.3 Å². The second-order valence-corrected chi connectivity index (χ2v) is 17.5. The molecule has 0 bridgehead atoms. The van der Waals surface area contributed by atoms with Gasteiger partial charge in [-0.05, 0) is 50.5 Å². The van der Waals surface area contributed by atoms with Gasteiger partial charge in [0.2, 0.25) is 33.3 Å². The number of rotatable bonds is 17. The molecule has 0 spiro atoms. The van der Waals surface area contributed by atoms with Crippen molar-refractivity contribution in [3.63, 3.8) is 0 Å². The Morgan fingerprint density at radius 2 is 1.32 bits per heavy atom. The molecule has 0 aromatic heterocycles. The molecule has 2 heterocycles. The molecule has 0 aromatic rings. The van der Waals surface area contributed by atoms with Gasteiger partial charge in [0.15, 0.2) is 0 Å². The van der Waals surface area contributed by atoms with Crippen LogP contribution < -0.4 is 5.32 Å². The zero-order chi connectivity index (χ0) is 40.5. The summed E-state index contributed by atoms with van der Waals surface area (Å²) in [5.41, 5.74) is 0. The van der Waals surface area contributed by atoms with Crippen LogP contribution in [0.2, 0.25) is 0 Å². The van der Waals surface area contributed by atoms with Crippen LogP contribution in [0.1, 0.15) is 73.6 Å². The number of hydrogen-bond donors (Lipinski definition) is 1. The van der Waals surface area contributed by atoms with Gasteiger partial charge in [-0.3, -0.25) is 24.0 Å². The molecule has 2 saturated heterocycles. The van der Waals surface area contributed by atoms with Crippen molar-refractivity contribution in [2.75, 3.05) is 61.6 Å². The van der Waals surface area contributed by atoms with E-state index in [2.05, 4.69) is 5.32 Å². The van der Waals surface area contributed by atoms with Crippen LogP contribution in [-0.2, 0) is 38.2 Å². The van der Waals surface area contributed by atoms with Gasteiger partial charge >= 0.3 is 5.97 Å². The van der Waals surface area contributed by atoms with Crippen LogP contribution in [0.5, 0.6) is 0 Å². The smallest absolute Gasteiger partial charge is 0.329 e. The number of methoxy groups -OCH3 is 1. The van der Waals surface area contributed by atoms with Gasteiger partial charge < -0.3 is 39.3 Å². The number of nitrogens with one attached hydrogen (secondary N) is 1. The number of likely N-dealkylation sites (N-methyl/N-ethyl adjacent to an activating group) is 4. The van der Waals surface area contributed by atoms with Crippen molar-refractivity contribution in [3.05, 3.63) is 0 Å². The first-order chi connectivity index (χ1) is 24.7. The van der Waals surface area contributed by atoms with Crippen molar-refractivity contribution in [2.24, 2.45) is 17.8 Å². The lowest BCUT2D eigenvalue weighted by Crippen LogP contribution is -2.61. The van der Waals surface area contributed by atoms with E-state index in [4.69, 9.17) is 44.3 Å². The topological polar surface area (TPSA) is 149 Å². The molecule has 53 heavy (non-hydrogen) atoms. The highest BCUT2D eigenvalue weighted by atomic mass is 35.6. The molecule has 1 N–H and O–H groups in total. The van der Waals surface area contributed by atoms with Crippen LogP contribution >= 0.6 is 34.8 Å². The molecule has 2 rings (SSSR count). The Balaban J connectivity index is 2.33. The second-order valence-electron chi connectivity index (χ2n) is 15.0. The van der Waals surface area contributed by atoms with E-state index in [1.54, 1.807) is 27.9 Å². The summed E-state index contributed by atoms with van der Waals surface area (Å²) in [4.78, 5) is 90.3. The summed E-state index contributed by atoms with van der Waals surface area (Å²) >= 11 is 17.3. The van der Waals surface area contributed by atoms with E-state index < -0.39 is 76.2 Å². The molecule has 2 aliphatic rings. The number of amides is 5. The van der Waals surface area contributed by atoms with E-state index >= 15 is 0 Å². The molecule has 0 aromatic carbocycles. The summed E-state index contributed by atoms with van der Waals surface area (Å²) in [6.45, 7) is 11.2. The van der Waals surface area contributed by atoms with Crippen LogP contribution in [0, 0.1) is 17.8 Å². The minimum Gasteiger partial charge on any atom is -0.460 e.